The Hall–Kier alpha value is -3.41. The van der Waals surface area contributed by atoms with Crippen LogP contribution in [0.4, 0.5) is 24.8 Å². The van der Waals surface area contributed by atoms with E-state index in [9.17, 15) is 23.1 Å². The molecular formula is C23H28F3N7O2. The zero-order valence-corrected chi connectivity index (χ0v) is 19.4. The van der Waals surface area contributed by atoms with Crippen LogP contribution < -0.4 is 16.4 Å². The van der Waals surface area contributed by atoms with Crippen molar-refractivity contribution in [1.29, 1.82) is 0 Å². The number of nitrogens with zero attached hydrogens (tertiary/aromatic N) is 3. The summed E-state index contributed by atoms with van der Waals surface area (Å²) < 4.78 is 39.6. The van der Waals surface area contributed by atoms with Crippen LogP contribution in [0.15, 0.2) is 24.7 Å². The topological polar surface area (TPSA) is 142 Å². The molecule has 0 aliphatic heterocycles. The molecule has 0 aromatic carbocycles. The number of aliphatic hydroxyl groups excluding tert-OH is 1. The summed E-state index contributed by atoms with van der Waals surface area (Å²) in [5, 5.41) is 15.8. The Morgan fingerprint density at radius 1 is 1.20 bits per heavy atom. The van der Waals surface area contributed by atoms with Crippen molar-refractivity contribution in [1.82, 2.24) is 25.3 Å². The number of rotatable bonds is 6. The van der Waals surface area contributed by atoms with Crippen molar-refractivity contribution in [2.24, 2.45) is 5.92 Å². The van der Waals surface area contributed by atoms with Crippen molar-refractivity contribution < 1.29 is 23.1 Å². The number of aromatic amines is 1. The Kier molecular flexibility index (Phi) is 6.84. The smallest absolute Gasteiger partial charge is 0.396 e. The van der Waals surface area contributed by atoms with Crippen LogP contribution in [0.25, 0.3) is 22.3 Å². The fourth-order valence-corrected chi connectivity index (χ4v) is 4.44. The molecule has 35 heavy (non-hydrogen) atoms. The highest BCUT2D eigenvalue weighted by Crippen LogP contribution is 2.35. The second kappa shape index (κ2) is 9.68. The fourth-order valence-electron chi connectivity index (χ4n) is 4.44. The number of H-pyrrole nitrogens is 1. The van der Waals surface area contributed by atoms with Gasteiger partial charge in [-0.25, -0.2) is 15.0 Å². The summed E-state index contributed by atoms with van der Waals surface area (Å²) in [5.74, 6) is 0.267. The van der Waals surface area contributed by atoms with Gasteiger partial charge < -0.3 is 26.5 Å². The third-order valence-electron chi connectivity index (χ3n) is 6.49. The number of carbonyl (C=O) groups is 1. The molecule has 1 aliphatic carbocycles. The normalized spacial score (nSPS) is 20.4. The lowest BCUT2D eigenvalue weighted by molar-refractivity contribution is -0.137. The van der Waals surface area contributed by atoms with Gasteiger partial charge in [0, 0.05) is 35.4 Å². The van der Waals surface area contributed by atoms with E-state index < -0.39 is 17.8 Å². The number of nitrogens with two attached hydrogens (primary N) is 1. The van der Waals surface area contributed by atoms with Gasteiger partial charge in [0.05, 0.1) is 17.4 Å². The van der Waals surface area contributed by atoms with E-state index in [-0.39, 0.29) is 29.1 Å². The number of pyridine rings is 1. The Morgan fingerprint density at radius 3 is 2.57 bits per heavy atom. The minimum atomic E-state index is -4.52. The average molecular weight is 492 g/mol. The van der Waals surface area contributed by atoms with Crippen molar-refractivity contribution in [3.63, 3.8) is 0 Å². The molecule has 3 heterocycles. The molecule has 188 valence electrons. The number of amides is 1. The van der Waals surface area contributed by atoms with Gasteiger partial charge in [-0.05, 0) is 51.5 Å². The van der Waals surface area contributed by atoms with E-state index in [4.69, 9.17) is 5.73 Å². The number of aliphatic hydroxyl groups is 1. The quantitative estimate of drug-likeness (QED) is 0.355. The highest BCUT2D eigenvalue weighted by molar-refractivity contribution is 5.95. The first-order chi connectivity index (χ1) is 16.5. The molecule has 1 saturated carbocycles. The summed E-state index contributed by atoms with van der Waals surface area (Å²) in [6, 6.07) is 1.08. The number of hydrogen-bond acceptors (Lipinski definition) is 7. The first-order valence-corrected chi connectivity index (χ1v) is 11.4. The highest BCUT2D eigenvalue weighted by atomic mass is 19.4. The molecule has 1 aliphatic rings. The van der Waals surface area contributed by atoms with Crippen molar-refractivity contribution >= 4 is 28.6 Å². The number of carbonyl (C=O) groups excluding carboxylic acids is 1. The zero-order valence-electron chi connectivity index (χ0n) is 19.4. The van der Waals surface area contributed by atoms with Gasteiger partial charge in [0.1, 0.15) is 17.4 Å². The molecular weight excluding hydrogens is 463 g/mol. The number of nitrogens with one attached hydrogen (secondary N) is 3. The van der Waals surface area contributed by atoms with E-state index in [0.29, 0.717) is 28.8 Å². The molecule has 1 fully saturated rings. The summed E-state index contributed by atoms with van der Waals surface area (Å²) in [6.07, 6.45) is 1.53. The van der Waals surface area contributed by atoms with Gasteiger partial charge in [-0.15, -0.1) is 0 Å². The minimum absolute atomic E-state index is 0.0151. The molecule has 0 spiro atoms. The van der Waals surface area contributed by atoms with Crippen molar-refractivity contribution in [3.8, 4) is 11.3 Å². The predicted molar refractivity (Wildman–Crippen MR) is 125 cm³/mol. The Labute approximate surface area is 199 Å². The maximum Gasteiger partial charge on any atom is 0.417 e. The lowest BCUT2D eigenvalue weighted by Crippen LogP contribution is -2.43. The van der Waals surface area contributed by atoms with Crippen LogP contribution in [0.1, 0.15) is 45.1 Å². The monoisotopic (exact) mass is 491 g/mol. The molecule has 6 N–H and O–H groups in total. The molecule has 0 unspecified atom stereocenters. The number of halogens is 3. The van der Waals surface area contributed by atoms with Crippen molar-refractivity contribution in [2.45, 2.75) is 63.9 Å². The number of hydrogen-bond donors (Lipinski definition) is 5. The number of alkyl halides is 3. The van der Waals surface area contributed by atoms with Crippen LogP contribution in [-0.4, -0.2) is 49.1 Å². The van der Waals surface area contributed by atoms with Crippen LogP contribution in [0.2, 0.25) is 0 Å². The summed E-state index contributed by atoms with van der Waals surface area (Å²) in [7, 11) is 0. The molecule has 12 heteroatoms. The van der Waals surface area contributed by atoms with Crippen LogP contribution in [0, 0.1) is 5.92 Å². The number of anilines is 2. The Bertz CT molecular complexity index is 1200. The third kappa shape index (κ3) is 5.47. The first-order valence-electron chi connectivity index (χ1n) is 11.4. The van der Waals surface area contributed by atoms with Crippen LogP contribution in [0.3, 0.4) is 0 Å². The first kappa shape index (κ1) is 24.7. The van der Waals surface area contributed by atoms with Gasteiger partial charge in [-0.1, -0.05) is 0 Å². The van der Waals surface area contributed by atoms with Crippen molar-refractivity contribution in [2.75, 3.05) is 11.1 Å². The van der Waals surface area contributed by atoms with Gasteiger partial charge in [-0.2, -0.15) is 13.2 Å². The molecule has 1 amide bonds. The van der Waals surface area contributed by atoms with E-state index in [1.165, 1.54) is 19.3 Å². The van der Waals surface area contributed by atoms with Crippen LogP contribution in [-0.2, 0) is 11.0 Å². The maximum absolute atomic E-state index is 13.2. The minimum Gasteiger partial charge on any atom is -0.396 e. The molecule has 2 atom stereocenters. The van der Waals surface area contributed by atoms with Crippen LogP contribution >= 0.6 is 0 Å². The van der Waals surface area contributed by atoms with E-state index >= 15 is 0 Å². The number of fused-ring (bicyclic) bond motifs is 1. The van der Waals surface area contributed by atoms with E-state index in [1.54, 1.807) is 0 Å². The summed E-state index contributed by atoms with van der Waals surface area (Å²) in [6.45, 7) is 3.46. The number of nitrogen functional groups attached to an aromatic ring is 1. The lowest BCUT2D eigenvalue weighted by Gasteiger charge is -2.33. The average Bonchev–Trinajstić information content (AvgIpc) is 3.23. The molecule has 3 aromatic rings. The highest BCUT2D eigenvalue weighted by Gasteiger charge is 2.32. The largest absolute Gasteiger partial charge is 0.417 e. The van der Waals surface area contributed by atoms with E-state index in [2.05, 4.69) is 30.6 Å². The van der Waals surface area contributed by atoms with Gasteiger partial charge in [0.25, 0.3) is 0 Å². The summed E-state index contributed by atoms with van der Waals surface area (Å²) >= 11 is 0. The molecule has 0 bridgehead atoms. The van der Waals surface area contributed by atoms with Crippen molar-refractivity contribution in [3.05, 3.63) is 30.2 Å². The molecule has 0 saturated heterocycles. The summed E-state index contributed by atoms with van der Waals surface area (Å²) in [5.41, 5.74) is 6.48. The lowest BCUT2D eigenvalue weighted by atomic mass is 9.82. The van der Waals surface area contributed by atoms with E-state index in [1.807, 2.05) is 6.92 Å². The van der Waals surface area contributed by atoms with Gasteiger partial charge in [0.2, 0.25) is 11.9 Å². The maximum atomic E-state index is 13.2. The molecule has 9 nitrogen and oxygen atoms in total. The third-order valence-corrected chi connectivity index (χ3v) is 6.49. The molecule has 4 rings (SSSR count). The summed E-state index contributed by atoms with van der Waals surface area (Å²) in [4.78, 5) is 27.2. The van der Waals surface area contributed by atoms with Gasteiger partial charge in [-0.3, -0.25) is 4.79 Å². The SMILES string of the molecule is C[C@@H](O)C(=O)NC1CCC([C@@H](C)Nc2ncc(N)c(-c3c[nH]c4ncc(C(F)(F)F)cc34)n2)CC1. The second-order valence-electron chi connectivity index (χ2n) is 9.05. The van der Waals surface area contributed by atoms with Gasteiger partial charge >= 0.3 is 6.18 Å². The Balaban J connectivity index is 1.48. The predicted octanol–water partition coefficient (Wildman–Crippen LogP) is 3.48. The Morgan fingerprint density at radius 2 is 1.91 bits per heavy atom. The molecule has 3 aromatic heterocycles. The molecule has 0 radical (unpaired) electrons. The fraction of sp³-hybridized carbons (Fsp3) is 0.478. The second-order valence-corrected chi connectivity index (χ2v) is 9.05. The van der Waals surface area contributed by atoms with E-state index in [0.717, 1.165) is 37.9 Å². The zero-order chi connectivity index (χ0) is 25.3. The van der Waals surface area contributed by atoms with Crippen LogP contribution in [0.5, 0.6) is 0 Å². The standard InChI is InChI=1S/C23H28F3N7O2/c1-11(13-3-5-15(6-4-13)32-21(35)12(2)34)31-22-30-10-18(27)19(33-22)17-9-29-20-16(17)7-14(8-28-20)23(24,25)26/h7-13,15,34H,3-6,27H2,1-2H3,(H,28,29)(H,32,35)(H,30,31,33)/t11-,12-,13?,15?/m1/s1. The number of aromatic nitrogens is 4. The van der Waals surface area contributed by atoms with Gasteiger partial charge in [0.15, 0.2) is 0 Å².